The summed E-state index contributed by atoms with van der Waals surface area (Å²) in [6, 6.07) is 28.8. The van der Waals surface area contributed by atoms with Gasteiger partial charge < -0.3 is 10.2 Å². The second-order valence-corrected chi connectivity index (χ2v) is 13.2. The highest BCUT2D eigenvalue weighted by Gasteiger charge is 2.34. The Morgan fingerprint density at radius 2 is 1.53 bits per heavy atom. The van der Waals surface area contributed by atoms with Gasteiger partial charge in [0.15, 0.2) is 0 Å². The van der Waals surface area contributed by atoms with E-state index in [1.54, 1.807) is 30.3 Å². The summed E-state index contributed by atoms with van der Waals surface area (Å²) in [6.07, 6.45) is 0.244. The zero-order chi connectivity index (χ0) is 31.0. The van der Waals surface area contributed by atoms with Crippen molar-refractivity contribution in [1.29, 1.82) is 0 Å². The molecule has 0 fully saturated rings. The molecule has 0 unspecified atom stereocenters. The van der Waals surface area contributed by atoms with E-state index in [4.69, 9.17) is 11.6 Å². The number of carbonyl (C=O) groups is 2. The number of anilines is 1. The summed E-state index contributed by atoms with van der Waals surface area (Å²) in [4.78, 5) is 29.4. The number of nitrogens with one attached hydrogen (secondary N) is 1. The van der Waals surface area contributed by atoms with Gasteiger partial charge in [0.1, 0.15) is 12.6 Å². The zero-order valence-electron chi connectivity index (χ0n) is 23.9. The van der Waals surface area contributed by atoms with Crippen molar-refractivity contribution < 1.29 is 18.0 Å². The maximum atomic E-state index is 14.4. The van der Waals surface area contributed by atoms with Gasteiger partial charge in [-0.05, 0) is 66.9 Å². The highest BCUT2D eigenvalue weighted by molar-refractivity contribution is 9.10. The Kier molecular flexibility index (Phi) is 11.0. The average molecular weight is 683 g/mol. The van der Waals surface area contributed by atoms with Crippen LogP contribution < -0.4 is 9.62 Å². The SMILES string of the molecule is CCNC(=O)[C@@H](Cc1ccccc1)N(Cc1cccc(Br)c1)C(=O)CN(c1ccc(C)c(Cl)c1)S(=O)(=O)c1ccccc1. The maximum Gasteiger partial charge on any atom is 0.264 e. The van der Waals surface area contributed by atoms with Crippen molar-refractivity contribution in [2.45, 2.75) is 37.8 Å². The minimum atomic E-state index is -4.19. The fourth-order valence-electron chi connectivity index (χ4n) is 4.66. The molecule has 0 aromatic heterocycles. The number of likely N-dealkylation sites (N-methyl/N-ethyl adjacent to an activating group) is 1. The summed E-state index contributed by atoms with van der Waals surface area (Å²) >= 11 is 9.90. The normalized spacial score (nSPS) is 11.9. The van der Waals surface area contributed by atoms with E-state index >= 15 is 0 Å². The third-order valence-corrected chi connectivity index (χ3v) is 9.61. The smallest absolute Gasteiger partial charge is 0.264 e. The van der Waals surface area contributed by atoms with E-state index in [9.17, 15) is 18.0 Å². The van der Waals surface area contributed by atoms with Crippen LogP contribution in [0.3, 0.4) is 0 Å². The minimum Gasteiger partial charge on any atom is -0.355 e. The fourth-order valence-corrected chi connectivity index (χ4v) is 6.71. The summed E-state index contributed by atoms with van der Waals surface area (Å²) < 4.78 is 29.9. The maximum absolute atomic E-state index is 14.4. The molecule has 7 nitrogen and oxygen atoms in total. The van der Waals surface area contributed by atoms with Crippen LogP contribution in [-0.2, 0) is 32.6 Å². The van der Waals surface area contributed by atoms with Crippen LogP contribution in [-0.4, -0.2) is 44.3 Å². The van der Waals surface area contributed by atoms with E-state index in [-0.39, 0.29) is 29.5 Å². The highest BCUT2D eigenvalue weighted by atomic mass is 79.9. The molecule has 0 aliphatic heterocycles. The van der Waals surface area contributed by atoms with Gasteiger partial charge in [-0.15, -0.1) is 0 Å². The van der Waals surface area contributed by atoms with Crippen molar-refractivity contribution in [1.82, 2.24) is 10.2 Å². The quantitative estimate of drug-likeness (QED) is 0.188. The van der Waals surface area contributed by atoms with E-state index in [0.717, 1.165) is 25.5 Å². The van der Waals surface area contributed by atoms with Crippen molar-refractivity contribution in [2.24, 2.45) is 0 Å². The lowest BCUT2D eigenvalue weighted by Crippen LogP contribution is -2.53. The predicted molar refractivity (Wildman–Crippen MR) is 174 cm³/mol. The summed E-state index contributed by atoms with van der Waals surface area (Å²) in [5.74, 6) is -0.867. The molecule has 4 rings (SSSR count). The molecular formula is C33H33BrClN3O4S. The van der Waals surface area contributed by atoms with Crippen molar-refractivity contribution >= 4 is 55.1 Å². The molecule has 2 amide bonds. The molecule has 0 bridgehead atoms. The third-order valence-electron chi connectivity index (χ3n) is 6.92. The molecule has 0 saturated heterocycles. The van der Waals surface area contributed by atoms with Gasteiger partial charge in [0, 0.05) is 29.0 Å². The van der Waals surface area contributed by atoms with Gasteiger partial charge in [-0.1, -0.05) is 94.3 Å². The molecule has 43 heavy (non-hydrogen) atoms. The Bertz CT molecular complexity index is 1670. The number of aryl methyl sites for hydroxylation is 1. The Morgan fingerprint density at radius 3 is 2.16 bits per heavy atom. The van der Waals surface area contributed by atoms with Crippen LogP contribution in [0.2, 0.25) is 5.02 Å². The van der Waals surface area contributed by atoms with Gasteiger partial charge in [0.05, 0.1) is 10.6 Å². The Hall–Kier alpha value is -3.66. The lowest BCUT2D eigenvalue weighted by molar-refractivity contribution is -0.140. The second kappa shape index (κ2) is 14.7. The van der Waals surface area contributed by atoms with Crippen molar-refractivity contribution in [3.8, 4) is 0 Å². The Labute approximate surface area is 266 Å². The monoisotopic (exact) mass is 681 g/mol. The Morgan fingerprint density at radius 1 is 0.884 bits per heavy atom. The van der Waals surface area contributed by atoms with E-state index in [2.05, 4.69) is 21.2 Å². The van der Waals surface area contributed by atoms with Gasteiger partial charge in [-0.3, -0.25) is 13.9 Å². The molecule has 0 heterocycles. The van der Waals surface area contributed by atoms with Crippen molar-refractivity contribution in [2.75, 3.05) is 17.4 Å². The molecule has 10 heteroatoms. The number of amides is 2. The molecule has 224 valence electrons. The van der Waals surface area contributed by atoms with E-state index in [0.29, 0.717) is 11.6 Å². The first-order chi connectivity index (χ1) is 20.6. The van der Waals surface area contributed by atoms with Crippen LogP contribution in [0, 0.1) is 6.92 Å². The zero-order valence-corrected chi connectivity index (χ0v) is 27.1. The lowest BCUT2D eigenvalue weighted by atomic mass is 10.0. The van der Waals surface area contributed by atoms with Gasteiger partial charge in [0.25, 0.3) is 10.0 Å². The van der Waals surface area contributed by atoms with Crippen molar-refractivity contribution in [3.63, 3.8) is 0 Å². The Balaban J connectivity index is 1.81. The number of nitrogens with zero attached hydrogens (tertiary/aromatic N) is 2. The van der Waals surface area contributed by atoms with Crippen LogP contribution in [0.5, 0.6) is 0 Å². The third kappa shape index (κ3) is 8.25. The molecular weight excluding hydrogens is 650 g/mol. The molecule has 0 spiro atoms. The molecule has 0 saturated carbocycles. The lowest BCUT2D eigenvalue weighted by Gasteiger charge is -2.34. The first-order valence-corrected chi connectivity index (χ1v) is 16.4. The van der Waals surface area contributed by atoms with E-state index in [1.165, 1.54) is 23.1 Å². The number of sulfonamides is 1. The largest absolute Gasteiger partial charge is 0.355 e. The van der Waals surface area contributed by atoms with Gasteiger partial charge in [-0.25, -0.2) is 8.42 Å². The highest BCUT2D eigenvalue weighted by Crippen LogP contribution is 2.29. The van der Waals surface area contributed by atoms with Crippen LogP contribution >= 0.6 is 27.5 Å². The van der Waals surface area contributed by atoms with Crippen LogP contribution in [0.1, 0.15) is 23.6 Å². The standard InChI is InChI=1S/C33H33BrClN3O4S/c1-3-36-33(40)31(20-25-11-6-4-7-12-25)37(22-26-13-10-14-27(34)19-26)32(39)23-38(28-18-17-24(2)30(35)21-28)43(41,42)29-15-8-5-9-16-29/h4-19,21,31H,3,20,22-23H2,1-2H3,(H,36,40)/t31-/m1/s1. The minimum absolute atomic E-state index is 0.0302. The molecule has 4 aromatic carbocycles. The molecule has 4 aromatic rings. The second-order valence-electron chi connectivity index (χ2n) is 10.0. The predicted octanol–water partition coefficient (Wildman–Crippen LogP) is 6.38. The number of hydrogen-bond acceptors (Lipinski definition) is 4. The van der Waals surface area contributed by atoms with Crippen LogP contribution in [0.15, 0.2) is 112 Å². The van der Waals surface area contributed by atoms with E-state index < -0.39 is 28.5 Å². The van der Waals surface area contributed by atoms with Crippen LogP contribution in [0.25, 0.3) is 0 Å². The van der Waals surface area contributed by atoms with Gasteiger partial charge in [-0.2, -0.15) is 0 Å². The molecule has 1 atom stereocenters. The number of carbonyl (C=O) groups excluding carboxylic acids is 2. The van der Waals surface area contributed by atoms with Gasteiger partial charge >= 0.3 is 0 Å². The summed E-state index contributed by atoms with van der Waals surface area (Å²) in [6.45, 7) is 3.54. The van der Waals surface area contributed by atoms with Gasteiger partial charge in [0.2, 0.25) is 11.8 Å². The first-order valence-electron chi connectivity index (χ1n) is 13.8. The van der Waals surface area contributed by atoms with E-state index in [1.807, 2.05) is 68.4 Å². The van der Waals surface area contributed by atoms with Crippen molar-refractivity contribution in [3.05, 3.63) is 129 Å². The number of halogens is 2. The number of rotatable bonds is 12. The average Bonchev–Trinajstić information content (AvgIpc) is 3.00. The molecule has 0 radical (unpaired) electrons. The summed E-state index contributed by atoms with van der Waals surface area (Å²) in [7, 11) is -4.19. The number of benzene rings is 4. The fraction of sp³-hybridized carbons (Fsp3) is 0.212. The summed E-state index contributed by atoms with van der Waals surface area (Å²) in [5.41, 5.74) is 2.66. The summed E-state index contributed by atoms with van der Waals surface area (Å²) in [5, 5.41) is 3.23. The molecule has 0 aliphatic rings. The molecule has 0 aliphatic carbocycles. The molecule has 1 N–H and O–H groups in total. The number of hydrogen-bond donors (Lipinski definition) is 1. The first kappa shape index (κ1) is 32.3. The van der Waals surface area contributed by atoms with Crippen LogP contribution in [0.4, 0.5) is 5.69 Å². The topological polar surface area (TPSA) is 86.8 Å².